The van der Waals surface area contributed by atoms with Crippen LogP contribution in [0.4, 0.5) is 0 Å². The SMILES string of the molecule is CC1(C)N=C([O-])NC1=O. The van der Waals surface area contributed by atoms with Gasteiger partial charge in [-0.05, 0) is 13.8 Å². The quantitative estimate of drug-likeness (QED) is 0.435. The highest BCUT2D eigenvalue weighted by Gasteiger charge is 2.30. The second-order valence-corrected chi connectivity index (χ2v) is 2.43. The first-order valence-electron chi connectivity index (χ1n) is 2.61. The number of nitrogens with zero attached hydrogens (tertiary/aromatic N) is 1. The van der Waals surface area contributed by atoms with Crippen LogP contribution in [0.25, 0.3) is 0 Å². The minimum absolute atomic E-state index is 0.326. The fourth-order valence-corrected chi connectivity index (χ4v) is 0.583. The number of rotatable bonds is 0. The van der Waals surface area contributed by atoms with Crippen LogP contribution in [-0.2, 0) is 4.79 Å². The molecule has 0 spiro atoms. The minimum Gasteiger partial charge on any atom is -0.846 e. The normalized spacial score (nSPS) is 23.3. The van der Waals surface area contributed by atoms with E-state index in [0.717, 1.165) is 0 Å². The van der Waals surface area contributed by atoms with Crippen LogP contribution in [0.3, 0.4) is 0 Å². The van der Waals surface area contributed by atoms with Crippen molar-refractivity contribution < 1.29 is 9.90 Å². The first kappa shape index (κ1) is 6.07. The van der Waals surface area contributed by atoms with Crippen molar-refractivity contribution in [1.29, 1.82) is 0 Å². The van der Waals surface area contributed by atoms with Gasteiger partial charge < -0.3 is 10.4 Å². The van der Waals surface area contributed by atoms with Crippen molar-refractivity contribution in [3.05, 3.63) is 0 Å². The molecule has 9 heavy (non-hydrogen) atoms. The van der Waals surface area contributed by atoms with E-state index in [-0.39, 0.29) is 5.91 Å². The zero-order valence-corrected chi connectivity index (χ0v) is 5.26. The molecule has 1 N–H and O–H groups in total. The van der Waals surface area contributed by atoms with Gasteiger partial charge in [-0.3, -0.25) is 9.79 Å². The lowest BCUT2D eigenvalue weighted by molar-refractivity contribution is -0.220. The number of carbonyl (C=O) groups is 1. The van der Waals surface area contributed by atoms with Gasteiger partial charge in [0, 0.05) is 0 Å². The molecule has 0 atom stereocenters. The average molecular weight is 127 g/mol. The van der Waals surface area contributed by atoms with Gasteiger partial charge in [0.15, 0.2) is 0 Å². The summed E-state index contributed by atoms with van der Waals surface area (Å²) in [6.45, 7) is 3.18. The van der Waals surface area contributed by atoms with Crippen LogP contribution in [0, 0.1) is 0 Å². The lowest BCUT2D eigenvalue weighted by Crippen LogP contribution is -2.38. The van der Waals surface area contributed by atoms with Gasteiger partial charge in [0.1, 0.15) is 5.54 Å². The molecule has 0 aliphatic carbocycles. The summed E-state index contributed by atoms with van der Waals surface area (Å²) in [5, 5.41) is 12.4. The van der Waals surface area contributed by atoms with E-state index < -0.39 is 11.6 Å². The third-order valence-electron chi connectivity index (χ3n) is 1.16. The predicted octanol–water partition coefficient (Wildman–Crippen LogP) is -1.39. The molecule has 0 aromatic heterocycles. The maximum absolute atomic E-state index is 10.7. The number of nitrogens with one attached hydrogen (secondary N) is 1. The third kappa shape index (κ3) is 0.872. The molecule has 0 bridgehead atoms. The monoisotopic (exact) mass is 127 g/mol. The molecular weight excluding hydrogens is 120 g/mol. The summed E-state index contributed by atoms with van der Waals surface area (Å²) in [5.74, 6) is -0.326. The topological polar surface area (TPSA) is 64.5 Å². The lowest BCUT2D eigenvalue weighted by atomic mass is 10.1. The van der Waals surface area contributed by atoms with E-state index in [1.807, 2.05) is 0 Å². The molecule has 0 aromatic rings. The summed E-state index contributed by atoms with van der Waals surface area (Å²) in [4.78, 5) is 14.2. The van der Waals surface area contributed by atoms with Crippen LogP contribution >= 0.6 is 0 Å². The summed E-state index contributed by atoms with van der Waals surface area (Å²) in [7, 11) is 0. The van der Waals surface area contributed by atoms with E-state index in [2.05, 4.69) is 10.3 Å². The second kappa shape index (κ2) is 1.46. The van der Waals surface area contributed by atoms with Crippen LogP contribution in [0.1, 0.15) is 13.8 Å². The number of hydrogen-bond acceptors (Lipinski definition) is 3. The number of hydrogen-bond donors (Lipinski definition) is 1. The van der Waals surface area contributed by atoms with Crippen LogP contribution in [-0.4, -0.2) is 17.5 Å². The Morgan fingerprint density at radius 3 is 2.33 bits per heavy atom. The lowest BCUT2D eigenvalue weighted by Gasteiger charge is -2.07. The van der Waals surface area contributed by atoms with Gasteiger partial charge in [0.2, 0.25) is 0 Å². The van der Waals surface area contributed by atoms with Crippen molar-refractivity contribution in [1.82, 2.24) is 5.32 Å². The third-order valence-corrected chi connectivity index (χ3v) is 1.16. The largest absolute Gasteiger partial charge is 0.846 e. The Bertz CT molecular complexity index is 183. The molecule has 0 unspecified atom stereocenters. The predicted molar refractivity (Wildman–Crippen MR) is 29.7 cm³/mol. The summed E-state index contributed by atoms with van der Waals surface area (Å²) >= 11 is 0. The van der Waals surface area contributed by atoms with E-state index in [1.165, 1.54) is 0 Å². The van der Waals surface area contributed by atoms with Crippen molar-refractivity contribution >= 4 is 11.9 Å². The molecule has 0 aromatic carbocycles. The minimum atomic E-state index is -0.850. The number of amides is 1. The smallest absolute Gasteiger partial charge is 0.251 e. The molecule has 1 rings (SSSR count). The Balaban J connectivity index is 2.89. The zero-order chi connectivity index (χ0) is 7.07. The first-order chi connectivity index (χ1) is 4.02. The van der Waals surface area contributed by atoms with Crippen molar-refractivity contribution in [3.63, 3.8) is 0 Å². The molecule has 50 valence electrons. The van der Waals surface area contributed by atoms with E-state index in [1.54, 1.807) is 13.8 Å². The van der Waals surface area contributed by atoms with Gasteiger partial charge in [0.25, 0.3) is 5.91 Å². The van der Waals surface area contributed by atoms with E-state index in [4.69, 9.17) is 0 Å². The van der Waals surface area contributed by atoms with Gasteiger partial charge in [-0.1, -0.05) is 0 Å². The highest BCUT2D eigenvalue weighted by atomic mass is 16.3. The standard InChI is InChI=1S/C5H8N2O2/c1-5(2)3(8)6-4(9)7-5/h1-2H3,(H2,6,7,8,9)/p-1. The molecule has 0 saturated heterocycles. The summed E-state index contributed by atoms with van der Waals surface area (Å²) < 4.78 is 0. The van der Waals surface area contributed by atoms with E-state index in [0.29, 0.717) is 0 Å². The first-order valence-corrected chi connectivity index (χ1v) is 2.61. The molecule has 0 radical (unpaired) electrons. The zero-order valence-electron chi connectivity index (χ0n) is 5.26. The Morgan fingerprint density at radius 1 is 1.67 bits per heavy atom. The van der Waals surface area contributed by atoms with Crippen molar-refractivity contribution in [2.24, 2.45) is 4.99 Å². The number of amidine groups is 1. The Hall–Kier alpha value is -1.06. The number of carbonyl (C=O) groups excluding carboxylic acids is 1. The molecule has 4 heteroatoms. The molecule has 1 amide bonds. The van der Waals surface area contributed by atoms with E-state index in [9.17, 15) is 9.90 Å². The van der Waals surface area contributed by atoms with Crippen LogP contribution in [0.15, 0.2) is 4.99 Å². The molecule has 1 aliphatic rings. The molecule has 0 fully saturated rings. The maximum Gasteiger partial charge on any atom is 0.251 e. The van der Waals surface area contributed by atoms with Crippen LogP contribution < -0.4 is 10.4 Å². The summed E-state index contributed by atoms with van der Waals surface area (Å²) in [5.41, 5.74) is -0.850. The van der Waals surface area contributed by atoms with Gasteiger partial charge in [-0.2, -0.15) is 0 Å². The van der Waals surface area contributed by atoms with Crippen molar-refractivity contribution in [2.45, 2.75) is 19.4 Å². The highest BCUT2D eigenvalue weighted by molar-refractivity contribution is 6.03. The fraction of sp³-hybridized carbons (Fsp3) is 0.600. The Kier molecular flexibility index (Phi) is 0.986. The van der Waals surface area contributed by atoms with Crippen LogP contribution in [0.2, 0.25) is 0 Å². The second-order valence-electron chi connectivity index (χ2n) is 2.43. The average Bonchev–Trinajstić information content (AvgIpc) is 1.79. The highest BCUT2D eigenvalue weighted by Crippen LogP contribution is 2.11. The van der Waals surface area contributed by atoms with Crippen LogP contribution in [0.5, 0.6) is 0 Å². The summed E-state index contributed by atoms with van der Waals surface area (Å²) in [6.07, 6.45) is 0. The maximum atomic E-state index is 10.7. The van der Waals surface area contributed by atoms with E-state index >= 15 is 0 Å². The molecule has 1 aliphatic heterocycles. The van der Waals surface area contributed by atoms with Gasteiger partial charge in [-0.15, -0.1) is 0 Å². The molecule has 1 heterocycles. The Morgan fingerprint density at radius 2 is 2.22 bits per heavy atom. The molecule has 4 nitrogen and oxygen atoms in total. The molecule has 0 saturated carbocycles. The van der Waals surface area contributed by atoms with Gasteiger partial charge in [-0.25, -0.2) is 0 Å². The van der Waals surface area contributed by atoms with Gasteiger partial charge >= 0.3 is 0 Å². The van der Waals surface area contributed by atoms with Gasteiger partial charge in [0.05, 0.1) is 6.02 Å². The van der Waals surface area contributed by atoms with Crippen molar-refractivity contribution in [3.8, 4) is 0 Å². The summed E-state index contributed by atoms with van der Waals surface area (Å²) in [6, 6.07) is -0.537. The Labute approximate surface area is 52.6 Å². The van der Waals surface area contributed by atoms with Crippen molar-refractivity contribution in [2.75, 3.05) is 0 Å². The molecular formula is C5H7N2O2-. The fourth-order valence-electron chi connectivity index (χ4n) is 0.583. The number of aliphatic imine (C=N–C) groups is 1.